The van der Waals surface area contributed by atoms with Gasteiger partial charge in [0.1, 0.15) is 0 Å². The van der Waals surface area contributed by atoms with Crippen molar-refractivity contribution in [2.75, 3.05) is 5.73 Å². The van der Waals surface area contributed by atoms with Crippen LogP contribution in [0.3, 0.4) is 0 Å². The molecule has 0 fully saturated rings. The second kappa shape index (κ2) is 3.18. The van der Waals surface area contributed by atoms with E-state index in [9.17, 15) is 0 Å². The van der Waals surface area contributed by atoms with Crippen molar-refractivity contribution in [1.82, 2.24) is 9.55 Å². The van der Waals surface area contributed by atoms with Crippen LogP contribution in [0.15, 0.2) is 30.9 Å². The van der Waals surface area contributed by atoms with E-state index in [1.54, 1.807) is 12.5 Å². The summed E-state index contributed by atoms with van der Waals surface area (Å²) in [7, 11) is 0. The Bertz CT molecular complexity index is 444. The zero-order chi connectivity index (χ0) is 10.1. The van der Waals surface area contributed by atoms with Crippen molar-refractivity contribution in [2.24, 2.45) is 0 Å². The maximum atomic E-state index is 5.93. The van der Waals surface area contributed by atoms with Crippen LogP contribution in [0.5, 0.6) is 0 Å². The van der Waals surface area contributed by atoms with E-state index < -0.39 is 0 Å². The number of rotatable bonds is 1. The molecule has 2 rings (SSSR count). The lowest BCUT2D eigenvalue weighted by Gasteiger charge is -2.09. The van der Waals surface area contributed by atoms with Crippen LogP contribution in [0.4, 0.5) is 5.69 Å². The van der Waals surface area contributed by atoms with Gasteiger partial charge in [-0.2, -0.15) is 0 Å². The summed E-state index contributed by atoms with van der Waals surface area (Å²) in [5.74, 6) is 0. The van der Waals surface area contributed by atoms with Gasteiger partial charge < -0.3 is 10.3 Å². The van der Waals surface area contributed by atoms with Crippen LogP contribution in [0.1, 0.15) is 11.1 Å². The first-order valence-electron chi connectivity index (χ1n) is 4.53. The number of nitrogens with two attached hydrogens (primary N) is 1. The molecule has 1 aromatic carbocycles. The van der Waals surface area contributed by atoms with Crippen molar-refractivity contribution >= 4 is 5.69 Å². The minimum atomic E-state index is 0.783. The monoisotopic (exact) mass is 187 g/mol. The lowest BCUT2D eigenvalue weighted by molar-refractivity contribution is 1.05. The predicted molar refractivity (Wildman–Crippen MR) is 57.5 cm³/mol. The summed E-state index contributed by atoms with van der Waals surface area (Å²) in [6.07, 6.45) is 5.38. The highest BCUT2D eigenvalue weighted by Gasteiger charge is 2.03. The molecule has 2 N–H and O–H groups in total. The topological polar surface area (TPSA) is 43.8 Å². The van der Waals surface area contributed by atoms with Crippen molar-refractivity contribution in [3.63, 3.8) is 0 Å². The van der Waals surface area contributed by atoms with Gasteiger partial charge >= 0.3 is 0 Å². The Labute approximate surface area is 83.2 Å². The van der Waals surface area contributed by atoms with E-state index in [0.29, 0.717) is 0 Å². The van der Waals surface area contributed by atoms with E-state index in [0.717, 1.165) is 11.4 Å². The van der Waals surface area contributed by atoms with Crippen LogP contribution < -0.4 is 5.73 Å². The molecule has 0 amide bonds. The fourth-order valence-electron chi connectivity index (χ4n) is 1.45. The van der Waals surface area contributed by atoms with Crippen LogP contribution in [-0.2, 0) is 0 Å². The number of nitrogen functional groups attached to an aromatic ring is 1. The van der Waals surface area contributed by atoms with Gasteiger partial charge in [0.05, 0.1) is 17.7 Å². The Morgan fingerprint density at radius 3 is 2.57 bits per heavy atom. The molecule has 0 unspecified atom stereocenters. The van der Waals surface area contributed by atoms with E-state index >= 15 is 0 Å². The van der Waals surface area contributed by atoms with Gasteiger partial charge in [0.25, 0.3) is 0 Å². The summed E-state index contributed by atoms with van der Waals surface area (Å²) in [4.78, 5) is 4.00. The quantitative estimate of drug-likeness (QED) is 0.694. The molecule has 14 heavy (non-hydrogen) atoms. The minimum Gasteiger partial charge on any atom is -0.397 e. The molecule has 0 spiro atoms. The van der Waals surface area contributed by atoms with Crippen molar-refractivity contribution in [3.05, 3.63) is 42.0 Å². The van der Waals surface area contributed by atoms with Crippen molar-refractivity contribution in [2.45, 2.75) is 13.8 Å². The molecule has 72 valence electrons. The fourth-order valence-corrected chi connectivity index (χ4v) is 1.45. The Balaban J connectivity index is 2.60. The van der Waals surface area contributed by atoms with Crippen LogP contribution in [0.25, 0.3) is 5.69 Å². The zero-order valence-corrected chi connectivity index (χ0v) is 8.36. The molecular formula is C11H13N3. The number of hydrogen-bond acceptors (Lipinski definition) is 2. The number of hydrogen-bond donors (Lipinski definition) is 1. The first-order valence-corrected chi connectivity index (χ1v) is 4.53. The molecule has 1 aromatic heterocycles. The van der Waals surface area contributed by atoms with Crippen molar-refractivity contribution in [3.8, 4) is 5.69 Å². The number of benzene rings is 1. The molecule has 2 aromatic rings. The van der Waals surface area contributed by atoms with Gasteiger partial charge in [-0.05, 0) is 37.1 Å². The standard InChI is InChI=1S/C11H13N3/c1-8-5-10(12)11(6-9(8)2)14-4-3-13-7-14/h3-7H,12H2,1-2H3. The third-order valence-electron chi connectivity index (χ3n) is 2.43. The van der Waals surface area contributed by atoms with Gasteiger partial charge in [-0.25, -0.2) is 4.98 Å². The van der Waals surface area contributed by atoms with Gasteiger partial charge in [0.15, 0.2) is 0 Å². The summed E-state index contributed by atoms with van der Waals surface area (Å²) in [6, 6.07) is 4.07. The summed E-state index contributed by atoms with van der Waals surface area (Å²) in [5.41, 5.74) is 10.2. The summed E-state index contributed by atoms with van der Waals surface area (Å²) in [5, 5.41) is 0. The Morgan fingerprint density at radius 1 is 1.21 bits per heavy atom. The van der Waals surface area contributed by atoms with Gasteiger partial charge in [0, 0.05) is 12.4 Å². The number of nitrogens with zero attached hydrogens (tertiary/aromatic N) is 2. The molecule has 0 atom stereocenters. The lowest BCUT2D eigenvalue weighted by atomic mass is 10.1. The normalized spacial score (nSPS) is 10.4. The van der Waals surface area contributed by atoms with Gasteiger partial charge in [-0.3, -0.25) is 0 Å². The van der Waals surface area contributed by atoms with Crippen molar-refractivity contribution < 1.29 is 0 Å². The molecule has 3 heteroatoms. The van der Waals surface area contributed by atoms with E-state index in [1.165, 1.54) is 11.1 Å². The first kappa shape index (κ1) is 8.81. The minimum absolute atomic E-state index is 0.783. The third kappa shape index (κ3) is 1.37. The zero-order valence-electron chi connectivity index (χ0n) is 8.36. The second-order valence-electron chi connectivity index (χ2n) is 3.47. The highest BCUT2D eigenvalue weighted by molar-refractivity contribution is 5.61. The van der Waals surface area contributed by atoms with Gasteiger partial charge in [-0.1, -0.05) is 0 Å². The smallest absolute Gasteiger partial charge is 0.0992 e. The van der Waals surface area contributed by atoms with E-state index in [-0.39, 0.29) is 0 Å². The average molecular weight is 187 g/mol. The van der Waals surface area contributed by atoms with E-state index in [1.807, 2.05) is 16.8 Å². The van der Waals surface area contributed by atoms with Crippen molar-refractivity contribution in [1.29, 1.82) is 0 Å². The van der Waals surface area contributed by atoms with Crippen LogP contribution in [0.2, 0.25) is 0 Å². The van der Waals surface area contributed by atoms with Crippen LogP contribution in [-0.4, -0.2) is 9.55 Å². The van der Waals surface area contributed by atoms with E-state index in [4.69, 9.17) is 5.73 Å². The lowest BCUT2D eigenvalue weighted by Crippen LogP contribution is -1.99. The number of aryl methyl sites for hydroxylation is 2. The number of imidazole rings is 1. The second-order valence-corrected chi connectivity index (χ2v) is 3.47. The molecule has 0 aliphatic rings. The van der Waals surface area contributed by atoms with Crippen LogP contribution >= 0.6 is 0 Å². The average Bonchev–Trinajstić information content (AvgIpc) is 2.64. The highest BCUT2D eigenvalue weighted by Crippen LogP contribution is 2.21. The van der Waals surface area contributed by atoms with Gasteiger partial charge in [-0.15, -0.1) is 0 Å². The summed E-state index contributed by atoms with van der Waals surface area (Å²) < 4.78 is 1.92. The molecule has 0 aliphatic carbocycles. The Hall–Kier alpha value is -1.77. The molecule has 0 radical (unpaired) electrons. The van der Waals surface area contributed by atoms with Gasteiger partial charge in [0.2, 0.25) is 0 Å². The Kier molecular flexibility index (Phi) is 2.00. The fraction of sp³-hybridized carbons (Fsp3) is 0.182. The maximum absolute atomic E-state index is 5.93. The molecule has 0 bridgehead atoms. The molecule has 0 saturated heterocycles. The largest absolute Gasteiger partial charge is 0.397 e. The highest BCUT2D eigenvalue weighted by atomic mass is 15.0. The first-order chi connectivity index (χ1) is 6.68. The maximum Gasteiger partial charge on any atom is 0.0992 e. The van der Waals surface area contributed by atoms with E-state index in [2.05, 4.69) is 24.9 Å². The molecule has 3 nitrogen and oxygen atoms in total. The number of aromatic nitrogens is 2. The Morgan fingerprint density at radius 2 is 1.93 bits per heavy atom. The molecular weight excluding hydrogens is 174 g/mol. The summed E-state index contributed by atoms with van der Waals surface area (Å²) >= 11 is 0. The molecule has 0 aliphatic heterocycles. The molecule has 1 heterocycles. The predicted octanol–water partition coefficient (Wildman–Crippen LogP) is 2.07. The SMILES string of the molecule is Cc1cc(N)c(-n2ccnc2)cc1C. The van der Waals surface area contributed by atoms with Crippen LogP contribution in [0, 0.1) is 13.8 Å². The third-order valence-corrected chi connectivity index (χ3v) is 2.43. The summed E-state index contributed by atoms with van der Waals surface area (Å²) in [6.45, 7) is 4.14. The molecule has 0 saturated carbocycles. The number of anilines is 1.